The molecule has 125 heavy (non-hydrogen) atoms. The lowest BCUT2D eigenvalue weighted by Gasteiger charge is -2.41. The van der Waals surface area contributed by atoms with Crippen molar-refractivity contribution in [1.82, 2.24) is 0 Å². The zero-order valence-electron chi connectivity index (χ0n) is 56.2. The van der Waals surface area contributed by atoms with Gasteiger partial charge in [0.2, 0.25) is 24.7 Å². The normalized spacial score (nSPS) is 24.1. The fourth-order valence-electron chi connectivity index (χ4n) is 7.01. The Morgan fingerprint density at radius 1 is 0.248 bits per heavy atom. The minimum atomic E-state index is -7.99. The molecule has 86 heteroatoms. The third kappa shape index (κ3) is 21.9. The van der Waals surface area contributed by atoms with Crippen LogP contribution in [0.3, 0.4) is 0 Å². The molecule has 18 nitrogen and oxygen atoms in total. The molecular formula is C39H24F62O18S6. The van der Waals surface area contributed by atoms with Gasteiger partial charge < -0.3 is 27.3 Å². The summed E-state index contributed by atoms with van der Waals surface area (Å²) in [5.41, 5.74) is 0. The molecule has 0 N–H and O–H groups in total. The molecule has 2 aliphatic carbocycles. The van der Waals surface area contributed by atoms with Crippen LogP contribution in [0, 0.1) is 50.5 Å². The van der Waals surface area contributed by atoms with E-state index in [0.29, 0.717) is 0 Å². The van der Waals surface area contributed by atoms with Crippen LogP contribution in [0.5, 0.6) is 0 Å². The molecule has 0 aromatic rings. The van der Waals surface area contributed by atoms with E-state index < -0.39 is 254 Å². The lowest BCUT2D eigenvalue weighted by Crippen LogP contribution is -2.70. The van der Waals surface area contributed by atoms with Crippen molar-refractivity contribution < 1.29 is 350 Å². The fourth-order valence-corrected chi connectivity index (χ4v) is 12.1. The van der Waals surface area contributed by atoms with Gasteiger partial charge in [0, 0.05) is 44.6 Å². The second-order valence-corrected chi connectivity index (χ2v) is 29.6. The van der Waals surface area contributed by atoms with E-state index >= 15 is 0 Å². The average Bonchev–Trinajstić information content (AvgIpc) is 1.50. The molecule has 0 radical (unpaired) electrons. The Morgan fingerprint density at radius 2 is 0.456 bits per heavy atom. The van der Waals surface area contributed by atoms with E-state index in [-0.39, 0.29) is 44.6 Å². The Labute approximate surface area is 648 Å². The summed E-state index contributed by atoms with van der Waals surface area (Å²) in [6.45, 7) is 0. The molecule has 0 spiro atoms. The third-order valence-corrected chi connectivity index (χ3v) is 20.3. The van der Waals surface area contributed by atoms with Gasteiger partial charge in [-0.05, 0) is 0 Å². The summed E-state index contributed by atoms with van der Waals surface area (Å²) >= 11 is 0. The first kappa shape index (κ1) is 140. The number of halogens is 62. The van der Waals surface area contributed by atoms with E-state index in [1.807, 2.05) is 0 Å². The highest BCUT2D eigenvalue weighted by Crippen LogP contribution is 2.72. The Kier molecular flexibility index (Phi) is 41.2. The van der Waals surface area contributed by atoms with Crippen molar-refractivity contribution in [3.63, 3.8) is 0 Å². The van der Waals surface area contributed by atoms with Crippen molar-refractivity contribution in [1.29, 1.82) is 0 Å². The van der Waals surface area contributed by atoms with Crippen LogP contribution < -0.4 is 0 Å². The molecular weight excluding hydrogens is 2130 g/mol. The van der Waals surface area contributed by atoms with Crippen LogP contribution in [0.1, 0.15) is 0 Å². The second kappa shape index (κ2) is 36.8. The summed E-state index contributed by atoms with van der Waals surface area (Å²) in [6, 6.07) is 0. The van der Waals surface area contributed by atoms with Gasteiger partial charge in [-0.15, -0.1) is 0 Å². The smallest absolute Gasteiger partial charge is 0.460 e. The van der Waals surface area contributed by atoms with Gasteiger partial charge in [0.05, 0.1) is 0 Å². The van der Waals surface area contributed by atoms with Crippen molar-refractivity contribution in [3.05, 3.63) is 44.6 Å². The van der Waals surface area contributed by atoms with Gasteiger partial charge in [-0.25, -0.2) is 94.4 Å². The summed E-state index contributed by atoms with van der Waals surface area (Å²) in [5, 5.41) is -35.1. The molecule has 2 rings (SSSR count). The topological polar surface area (TPSA) is 343 Å². The average molecular weight is 2150 g/mol. The lowest BCUT2D eigenvalue weighted by atomic mass is 10.0. The molecule has 2 saturated carbocycles. The third-order valence-electron chi connectivity index (χ3n) is 12.9. The Hall–Kier alpha value is -5.66. The first-order valence-electron chi connectivity index (χ1n) is 23.8. The van der Waals surface area contributed by atoms with Crippen LogP contribution >= 0.6 is 0 Å². The van der Waals surface area contributed by atoms with Crippen LogP contribution in [0.15, 0.2) is 0 Å². The summed E-state index contributed by atoms with van der Waals surface area (Å²) in [7, 11) is -45.9. The van der Waals surface area contributed by atoms with Gasteiger partial charge in [-0.3, -0.25) is 0 Å². The largest absolute Gasteiger partial charge is 0.747 e. The number of rotatable bonds is 15. The van der Waals surface area contributed by atoms with Gasteiger partial charge >= 0.3 is 147 Å². The van der Waals surface area contributed by atoms with E-state index in [2.05, 4.69) is 0 Å². The molecule has 0 saturated heterocycles. The Bertz CT molecular complexity index is 4270. The molecule has 12 unspecified atom stereocenters. The van der Waals surface area contributed by atoms with Crippen molar-refractivity contribution >= 4 is 60.7 Å². The molecule has 0 aromatic heterocycles. The lowest BCUT2D eigenvalue weighted by molar-refractivity contribution is -0.381. The highest BCUT2D eigenvalue weighted by Gasteiger charge is 3.01. The number of hydrogen-bond acceptors (Lipinski definition) is 18. The number of alkyl halides is 62. The van der Waals surface area contributed by atoms with Gasteiger partial charge in [0.1, 0.15) is 60.7 Å². The van der Waals surface area contributed by atoms with E-state index in [9.17, 15) is 350 Å². The number of hydrogen-bond donors (Lipinski definition) is 0. The zero-order chi connectivity index (χ0) is 100.0. The van der Waals surface area contributed by atoms with Crippen LogP contribution in [0.4, 0.5) is 272 Å². The van der Waals surface area contributed by atoms with Gasteiger partial charge in [-0.1, -0.05) is 0 Å². The van der Waals surface area contributed by atoms with Crippen LogP contribution in [-0.2, 0) is 60.7 Å². The highest BCUT2D eigenvalue weighted by molar-refractivity contribution is 7.88. The molecule has 758 valence electrons. The monoisotopic (exact) mass is 2150 g/mol. The van der Waals surface area contributed by atoms with Crippen LogP contribution in [0.2, 0.25) is 0 Å². The standard InChI is InChI=1S/2C6H2F12O3S.2C6H2F10O3S.C5H2F10O3S.C4H2F8O3S.6CH3/c7-1(3(9,10)11)2(8,22(19,20)21)4(12,13)5(14,15)6(16,17)18;7-1(2(8,9)4(11,12)6(16,17)18)3(10,5(13,14)15)22(19,20)21;7-1-2(6(14,15)16,20(17,18)19)4(10,11)5(12,13)3(1,8)9;7-2(8)1(4(10,11)12)3(9,20(17,18)19)6(15,16)5(2,13)14;6-1(3(8,9)10)2(7,19(16,17)18)4(11,12)5(13,14)15;5-1(3(7,8)9)2(6,4(10,11)12)16(13,14)15;;;;;;/h2*1H,(H,19,20,21);2*1H,(H,17,18,19);1H,(H,16,17,18);1H,(H,13,14,15);6*1H3/q;;;;;;6*+1/p-6. The predicted octanol–water partition coefficient (Wildman–Crippen LogP) is 16.9. The maximum atomic E-state index is 13.4. The summed E-state index contributed by atoms with van der Waals surface area (Å²) < 4.78 is 936. The summed E-state index contributed by atoms with van der Waals surface area (Å²) in [4.78, 5) is 0. The van der Waals surface area contributed by atoms with Crippen LogP contribution in [-0.4, -0.2) is 265 Å². The first-order chi connectivity index (χ1) is 49.6. The molecule has 2 fully saturated rings. The summed E-state index contributed by atoms with van der Waals surface area (Å²) in [5.74, 6) is -85.9. The SMILES string of the molecule is O=S(=O)([O-])C(F)(C(F)C(F)(F)C(F)(F)C(F)(F)F)C(F)(F)F.O=S(=O)([O-])C(F)(C(F)C(F)(F)F)C(F)(F)C(F)(F)C(F)(F)F.O=S(=O)([O-])C(F)(C(F)C(F)(F)F)C(F)(F)C(F)(F)F.O=S(=O)([O-])C(F)(C(F)C(F)(F)F)C(F)(F)F.O=S(=O)([O-])C1(C(F)(F)F)C(F)C(F)(F)C(F)(F)C1(F)F.O=S(=O)([O-])C1(F)C(C(F)(F)F)C(F)(F)C(F)(F)C1(F)F.[CH3+].[CH3+].[CH3+].[CH3+].[CH3+].[CH3+]. The minimum Gasteiger partial charge on any atom is -0.747 e. The van der Waals surface area contributed by atoms with E-state index in [0.717, 1.165) is 0 Å². The Balaban J connectivity index is -0.000000158. The molecule has 0 heterocycles. The first-order valence-corrected chi connectivity index (χ1v) is 32.3. The summed E-state index contributed by atoms with van der Waals surface area (Å²) in [6.07, 6.45) is -100. The maximum Gasteiger partial charge on any atom is 0.460 e. The predicted molar refractivity (Wildman–Crippen MR) is 262 cm³/mol. The van der Waals surface area contributed by atoms with Gasteiger partial charge in [0.25, 0.3) is 15.9 Å². The van der Waals surface area contributed by atoms with Crippen molar-refractivity contribution in [2.45, 2.75) is 188 Å². The van der Waals surface area contributed by atoms with E-state index in [1.165, 1.54) is 0 Å². The molecule has 12 atom stereocenters. The van der Waals surface area contributed by atoms with Crippen molar-refractivity contribution in [3.8, 4) is 0 Å². The molecule has 2 aliphatic rings. The minimum absolute atomic E-state index is 0. The second-order valence-electron chi connectivity index (χ2n) is 20.5. The molecule has 0 amide bonds. The Morgan fingerprint density at radius 3 is 0.592 bits per heavy atom. The molecule has 0 aromatic carbocycles. The fraction of sp³-hybridized carbons (Fsp3) is 0.846. The van der Waals surface area contributed by atoms with E-state index in [4.69, 9.17) is 0 Å². The van der Waals surface area contributed by atoms with Crippen molar-refractivity contribution in [2.75, 3.05) is 0 Å². The quantitative estimate of drug-likeness (QED) is 0.0835. The van der Waals surface area contributed by atoms with Crippen LogP contribution in [0.25, 0.3) is 0 Å². The molecule has 0 bridgehead atoms. The van der Waals surface area contributed by atoms with Gasteiger partial charge in [-0.2, -0.15) is 228 Å². The highest BCUT2D eigenvalue weighted by atomic mass is 32.2. The van der Waals surface area contributed by atoms with Gasteiger partial charge in [0.15, 0.2) is 5.92 Å². The van der Waals surface area contributed by atoms with E-state index in [1.54, 1.807) is 0 Å². The molecule has 0 aliphatic heterocycles. The van der Waals surface area contributed by atoms with Crippen molar-refractivity contribution in [2.24, 2.45) is 5.92 Å². The maximum absolute atomic E-state index is 13.4. The zero-order valence-corrected chi connectivity index (χ0v) is 61.1.